The summed E-state index contributed by atoms with van der Waals surface area (Å²) >= 11 is 0. The summed E-state index contributed by atoms with van der Waals surface area (Å²) in [7, 11) is 0. The van der Waals surface area contributed by atoms with Gasteiger partial charge in [0, 0.05) is 6.20 Å². The summed E-state index contributed by atoms with van der Waals surface area (Å²) in [5, 5.41) is 0. The summed E-state index contributed by atoms with van der Waals surface area (Å²) < 4.78 is 6.87. The molecule has 1 aromatic heterocycles. The van der Waals surface area contributed by atoms with E-state index in [2.05, 4.69) is 72.6 Å². The lowest BCUT2D eigenvalue weighted by Crippen LogP contribution is -2.47. The largest absolute Gasteiger partial charge is 0.414 e. The lowest BCUT2D eigenvalue weighted by Gasteiger charge is -2.25. The van der Waals surface area contributed by atoms with Gasteiger partial charge in [-0.05, 0) is 35.0 Å². The average molecular weight is 377 g/mol. The van der Waals surface area contributed by atoms with Gasteiger partial charge in [-0.1, -0.05) is 103 Å². The van der Waals surface area contributed by atoms with Crippen LogP contribution in [0.2, 0.25) is 0 Å². The van der Waals surface area contributed by atoms with Gasteiger partial charge in [-0.3, -0.25) is 4.98 Å². The average Bonchev–Trinajstić information content (AvgIpc) is 2.81. The third-order valence-corrected chi connectivity index (χ3v) is 5.15. The third kappa shape index (κ3) is 4.47. The topological polar surface area (TPSA) is 22.1 Å². The molecule has 4 aromatic rings. The molecule has 3 heteroatoms. The van der Waals surface area contributed by atoms with Gasteiger partial charge >= 0.3 is 6.92 Å². The molecule has 142 valence electrons. The number of pyridine rings is 1. The molecule has 1 heterocycles. The Morgan fingerprint density at radius 1 is 0.759 bits per heavy atom. The van der Waals surface area contributed by atoms with Gasteiger partial charge in [-0.25, -0.2) is 0 Å². The zero-order chi connectivity index (χ0) is 19.9. The van der Waals surface area contributed by atoms with Crippen LogP contribution in [0.25, 0.3) is 0 Å². The van der Waals surface area contributed by atoms with E-state index >= 15 is 0 Å². The van der Waals surface area contributed by atoms with Crippen LogP contribution in [0, 0.1) is 0 Å². The molecule has 0 radical (unpaired) electrons. The van der Waals surface area contributed by atoms with E-state index in [1.807, 2.05) is 48.7 Å². The van der Waals surface area contributed by atoms with Gasteiger partial charge in [-0.2, -0.15) is 0 Å². The highest BCUT2D eigenvalue weighted by molar-refractivity contribution is 6.80. The first-order valence-electron chi connectivity index (χ1n) is 10.1. The Bertz CT molecular complexity index is 983. The Morgan fingerprint density at radius 3 is 2.10 bits per heavy atom. The van der Waals surface area contributed by atoms with Crippen molar-refractivity contribution in [3.63, 3.8) is 0 Å². The molecule has 29 heavy (non-hydrogen) atoms. The smallest absolute Gasteiger partial charge is 0.362 e. The van der Waals surface area contributed by atoms with Crippen molar-refractivity contribution < 1.29 is 4.65 Å². The minimum Gasteiger partial charge on any atom is -0.414 e. The van der Waals surface area contributed by atoms with Gasteiger partial charge < -0.3 is 4.65 Å². The third-order valence-electron chi connectivity index (χ3n) is 5.15. The Morgan fingerprint density at radius 2 is 1.41 bits per heavy atom. The number of rotatable bonds is 7. The highest BCUT2D eigenvalue weighted by Gasteiger charge is 2.29. The van der Waals surface area contributed by atoms with Crippen LogP contribution in [-0.2, 0) is 11.1 Å². The van der Waals surface area contributed by atoms with Gasteiger partial charge in [0.25, 0.3) is 0 Å². The van der Waals surface area contributed by atoms with Crippen LogP contribution < -0.4 is 10.9 Å². The zero-order valence-electron chi connectivity index (χ0n) is 16.6. The minimum absolute atomic E-state index is 0.181. The molecule has 0 aliphatic carbocycles. The van der Waals surface area contributed by atoms with Crippen LogP contribution in [-0.4, -0.2) is 11.9 Å². The number of aromatic nitrogens is 1. The van der Waals surface area contributed by atoms with E-state index in [9.17, 15) is 0 Å². The fourth-order valence-electron chi connectivity index (χ4n) is 3.69. The molecule has 0 spiro atoms. The SMILES string of the molecule is CCc1ccccc1B(OC(c1ccccc1)c1ccccn1)c1ccccc1. The first-order valence-corrected chi connectivity index (χ1v) is 10.1. The zero-order valence-corrected chi connectivity index (χ0v) is 16.6. The number of hydrogen-bond donors (Lipinski definition) is 0. The quantitative estimate of drug-likeness (QED) is 0.441. The van der Waals surface area contributed by atoms with Crippen LogP contribution in [0.15, 0.2) is 109 Å². The van der Waals surface area contributed by atoms with Crippen molar-refractivity contribution in [3.05, 3.63) is 126 Å². The molecule has 3 aromatic carbocycles. The summed E-state index contributed by atoms with van der Waals surface area (Å²) in [4.78, 5) is 4.61. The molecular formula is C26H24BNO. The van der Waals surface area contributed by atoms with E-state index in [1.54, 1.807) is 0 Å². The van der Waals surface area contributed by atoms with Crippen molar-refractivity contribution in [2.45, 2.75) is 19.4 Å². The molecule has 0 fully saturated rings. The second-order valence-electron chi connectivity index (χ2n) is 7.02. The lowest BCUT2D eigenvalue weighted by atomic mass is 9.53. The summed E-state index contributed by atoms with van der Waals surface area (Å²) in [5.74, 6) is 0. The predicted molar refractivity (Wildman–Crippen MR) is 121 cm³/mol. The fourth-order valence-corrected chi connectivity index (χ4v) is 3.69. The van der Waals surface area contributed by atoms with E-state index in [4.69, 9.17) is 4.65 Å². The van der Waals surface area contributed by atoms with Crippen molar-refractivity contribution in [1.82, 2.24) is 4.98 Å². The van der Waals surface area contributed by atoms with Gasteiger partial charge in [0.1, 0.15) is 6.10 Å². The van der Waals surface area contributed by atoms with Crippen molar-refractivity contribution in [2.24, 2.45) is 0 Å². The highest BCUT2D eigenvalue weighted by Crippen LogP contribution is 2.25. The maximum atomic E-state index is 6.87. The maximum Gasteiger partial charge on any atom is 0.362 e. The number of hydrogen-bond acceptors (Lipinski definition) is 2. The standard InChI is InChI=1S/C26H24BNO/c1-2-21-13-9-10-18-24(21)27(23-16-7-4-8-17-23)29-26(22-14-5-3-6-15-22)25-19-11-12-20-28-25/h3-20,26H,2H2,1H3. The lowest BCUT2D eigenvalue weighted by molar-refractivity contribution is 0.253. The first-order chi connectivity index (χ1) is 14.4. The number of benzene rings is 3. The predicted octanol–water partition coefficient (Wildman–Crippen LogP) is 4.56. The number of nitrogens with zero attached hydrogens (tertiary/aromatic N) is 1. The monoisotopic (exact) mass is 377 g/mol. The van der Waals surface area contributed by atoms with Gasteiger partial charge in [-0.15, -0.1) is 0 Å². The first kappa shape index (κ1) is 19.2. The van der Waals surface area contributed by atoms with E-state index in [0.29, 0.717) is 0 Å². The normalized spacial score (nSPS) is 11.8. The van der Waals surface area contributed by atoms with E-state index < -0.39 is 0 Å². The van der Waals surface area contributed by atoms with Crippen LogP contribution in [0.3, 0.4) is 0 Å². The van der Waals surface area contributed by atoms with Crippen molar-refractivity contribution in [2.75, 3.05) is 0 Å². The van der Waals surface area contributed by atoms with Gasteiger partial charge in [0.05, 0.1) is 5.69 Å². The van der Waals surface area contributed by atoms with E-state index in [-0.39, 0.29) is 13.0 Å². The Labute approximate surface area is 173 Å². The molecule has 0 bridgehead atoms. The van der Waals surface area contributed by atoms with E-state index in [0.717, 1.165) is 23.1 Å². The van der Waals surface area contributed by atoms with Gasteiger partial charge in [0.2, 0.25) is 0 Å². The molecule has 0 amide bonds. The summed E-state index contributed by atoms with van der Waals surface area (Å²) in [6.45, 7) is 2.01. The molecule has 2 nitrogen and oxygen atoms in total. The molecule has 1 unspecified atom stereocenters. The van der Waals surface area contributed by atoms with Crippen molar-refractivity contribution in [3.8, 4) is 0 Å². The molecular weight excluding hydrogens is 353 g/mol. The fraction of sp³-hybridized carbons (Fsp3) is 0.115. The molecule has 0 N–H and O–H groups in total. The van der Waals surface area contributed by atoms with Crippen molar-refractivity contribution >= 4 is 17.8 Å². The highest BCUT2D eigenvalue weighted by atomic mass is 16.4. The molecule has 4 rings (SSSR count). The van der Waals surface area contributed by atoms with Gasteiger partial charge in [0.15, 0.2) is 0 Å². The number of aryl methyl sites for hydroxylation is 1. The Hall–Kier alpha value is -3.17. The molecule has 0 saturated carbocycles. The maximum absolute atomic E-state index is 6.87. The van der Waals surface area contributed by atoms with Crippen LogP contribution >= 0.6 is 0 Å². The molecule has 1 atom stereocenters. The second-order valence-corrected chi connectivity index (χ2v) is 7.02. The van der Waals surface area contributed by atoms with Crippen LogP contribution in [0.1, 0.15) is 29.8 Å². The Kier molecular flexibility index (Phi) is 6.18. The molecule has 0 aliphatic rings. The molecule has 0 saturated heterocycles. The minimum atomic E-state index is -0.257. The molecule has 0 aliphatic heterocycles. The van der Waals surface area contributed by atoms with Crippen molar-refractivity contribution in [1.29, 1.82) is 0 Å². The summed E-state index contributed by atoms with van der Waals surface area (Å²) in [6.07, 6.45) is 2.53. The summed E-state index contributed by atoms with van der Waals surface area (Å²) in [5.41, 5.74) is 5.66. The van der Waals surface area contributed by atoms with Crippen LogP contribution in [0.4, 0.5) is 0 Å². The summed E-state index contributed by atoms with van der Waals surface area (Å²) in [6, 6.07) is 35.3. The van der Waals surface area contributed by atoms with E-state index in [1.165, 1.54) is 11.0 Å². The van der Waals surface area contributed by atoms with Crippen LogP contribution in [0.5, 0.6) is 0 Å². The Balaban J connectivity index is 1.81. The second kappa shape index (κ2) is 9.36.